The van der Waals surface area contributed by atoms with Gasteiger partial charge in [0, 0.05) is 30.8 Å². The van der Waals surface area contributed by atoms with Gasteiger partial charge in [-0.25, -0.2) is 4.79 Å². The molecule has 170 valence electrons. The maximum Gasteiger partial charge on any atom is 0.332 e. The van der Waals surface area contributed by atoms with Crippen LogP contribution in [0.1, 0.15) is 25.0 Å². The van der Waals surface area contributed by atoms with Crippen molar-refractivity contribution in [2.75, 3.05) is 11.4 Å². The molecule has 4 aromatic rings. The van der Waals surface area contributed by atoms with Crippen molar-refractivity contribution < 1.29 is 0 Å². The maximum absolute atomic E-state index is 13.6. The zero-order valence-electron chi connectivity index (χ0n) is 19.0. The minimum absolute atomic E-state index is 0.177. The number of anilines is 2. The van der Waals surface area contributed by atoms with Gasteiger partial charge in [0.25, 0.3) is 5.56 Å². The Hall–Kier alpha value is -3.32. The zero-order valence-corrected chi connectivity index (χ0v) is 19.7. The zero-order chi connectivity index (χ0) is 23.3. The van der Waals surface area contributed by atoms with Crippen LogP contribution in [0.2, 0.25) is 5.02 Å². The predicted octanol–water partition coefficient (Wildman–Crippen LogP) is 3.95. The first-order valence-electron chi connectivity index (χ1n) is 11.2. The molecular weight excluding hydrogens is 438 g/mol. The summed E-state index contributed by atoms with van der Waals surface area (Å²) in [7, 11) is 1.67. The summed E-state index contributed by atoms with van der Waals surface area (Å²) in [6.45, 7) is 5.94. The highest BCUT2D eigenvalue weighted by Gasteiger charge is 2.29. The van der Waals surface area contributed by atoms with Gasteiger partial charge in [0.1, 0.15) is 0 Å². The van der Waals surface area contributed by atoms with E-state index in [9.17, 15) is 9.59 Å². The van der Waals surface area contributed by atoms with E-state index in [4.69, 9.17) is 16.6 Å². The average Bonchev–Trinajstić information content (AvgIpc) is 3.21. The van der Waals surface area contributed by atoms with Gasteiger partial charge in [-0.3, -0.25) is 13.9 Å². The number of aromatic nitrogens is 4. The molecule has 0 amide bonds. The molecule has 1 unspecified atom stereocenters. The molecule has 1 aliphatic rings. The van der Waals surface area contributed by atoms with E-state index in [-0.39, 0.29) is 17.8 Å². The van der Waals surface area contributed by atoms with E-state index in [1.54, 1.807) is 19.2 Å². The number of halogens is 1. The Labute approximate surface area is 196 Å². The second-order valence-electron chi connectivity index (χ2n) is 8.79. The molecule has 33 heavy (non-hydrogen) atoms. The lowest BCUT2D eigenvalue weighted by Crippen LogP contribution is -2.40. The van der Waals surface area contributed by atoms with Crippen molar-refractivity contribution in [1.82, 2.24) is 18.7 Å². The third-order valence-corrected chi connectivity index (χ3v) is 6.60. The molecule has 0 aliphatic carbocycles. The molecule has 0 N–H and O–H groups in total. The molecule has 5 rings (SSSR count). The highest BCUT2D eigenvalue weighted by molar-refractivity contribution is 6.30. The molecule has 0 saturated heterocycles. The van der Waals surface area contributed by atoms with Gasteiger partial charge in [0.05, 0.1) is 6.54 Å². The van der Waals surface area contributed by atoms with Crippen LogP contribution in [0, 0.1) is 5.92 Å². The van der Waals surface area contributed by atoms with Gasteiger partial charge in [-0.15, -0.1) is 0 Å². The van der Waals surface area contributed by atoms with Crippen LogP contribution in [-0.2, 0) is 26.6 Å². The number of nitrogens with zero attached hydrogens (tertiary/aromatic N) is 5. The lowest BCUT2D eigenvalue weighted by Gasteiger charge is -2.33. The summed E-state index contributed by atoms with van der Waals surface area (Å²) in [4.78, 5) is 33.6. The Bertz CT molecular complexity index is 1450. The van der Waals surface area contributed by atoms with Crippen molar-refractivity contribution in [2.24, 2.45) is 13.0 Å². The normalized spacial score (nSPS) is 15.8. The molecule has 2 aromatic heterocycles. The Morgan fingerprint density at radius 1 is 1.00 bits per heavy atom. The Kier molecular flexibility index (Phi) is 5.37. The molecule has 0 spiro atoms. The molecular formula is C25H26ClN5O2. The summed E-state index contributed by atoms with van der Waals surface area (Å²) < 4.78 is 4.72. The molecule has 8 heteroatoms. The number of fused-ring (bicyclic) bond motifs is 3. The van der Waals surface area contributed by atoms with E-state index in [1.165, 1.54) is 14.7 Å². The average molecular weight is 464 g/mol. The molecule has 0 bridgehead atoms. The van der Waals surface area contributed by atoms with E-state index < -0.39 is 0 Å². The first-order chi connectivity index (χ1) is 15.9. The van der Waals surface area contributed by atoms with Gasteiger partial charge in [-0.1, -0.05) is 49.7 Å². The standard InChI is InChI=1S/C25H26ClN5O2/c1-4-17-7-11-20(12-8-17)29-13-16(2)14-30-21-22(27-24(29)30)28(3)25(33)31(23(21)32)15-18-5-9-19(26)10-6-18/h5-12,16H,4,13-15H2,1-3H3. The third-order valence-electron chi connectivity index (χ3n) is 6.35. The summed E-state index contributed by atoms with van der Waals surface area (Å²) in [6.07, 6.45) is 0.977. The van der Waals surface area contributed by atoms with E-state index in [0.717, 1.165) is 24.2 Å². The molecule has 0 fully saturated rings. The molecule has 0 saturated carbocycles. The van der Waals surface area contributed by atoms with Crippen LogP contribution >= 0.6 is 11.6 Å². The summed E-state index contributed by atoms with van der Waals surface area (Å²) in [5, 5.41) is 0.611. The van der Waals surface area contributed by atoms with Crippen molar-refractivity contribution >= 4 is 34.4 Å². The summed E-state index contributed by atoms with van der Waals surface area (Å²) in [5.41, 5.74) is 3.30. The molecule has 3 heterocycles. The van der Waals surface area contributed by atoms with Crippen LogP contribution in [0.4, 0.5) is 11.6 Å². The topological polar surface area (TPSA) is 65.1 Å². The number of imidazole rings is 1. The minimum atomic E-state index is -0.384. The quantitative estimate of drug-likeness (QED) is 0.459. The number of benzene rings is 2. The van der Waals surface area contributed by atoms with Crippen molar-refractivity contribution in [3.63, 3.8) is 0 Å². The first kappa shape index (κ1) is 21.5. The number of rotatable bonds is 4. The van der Waals surface area contributed by atoms with Crippen molar-refractivity contribution in [2.45, 2.75) is 33.4 Å². The van der Waals surface area contributed by atoms with Crippen molar-refractivity contribution in [1.29, 1.82) is 0 Å². The smallest absolute Gasteiger partial charge is 0.312 e. The molecule has 2 aromatic carbocycles. The highest BCUT2D eigenvalue weighted by atomic mass is 35.5. The van der Waals surface area contributed by atoms with Gasteiger partial charge < -0.3 is 9.47 Å². The maximum atomic E-state index is 13.6. The SMILES string of the molecule is CCc1ccc(N2CC(C)Cn3c2nc2c3c(=O)n(Cc3ccc(Cl)cc3)c(=O)n2C)cc1. The number of aryl methyl sites for hydroxylation is 2. The fraction of sp³-hybridized carbons (Fsp3) is 0.320. The van der Waals surface area contributed by atoms with Gasteiger partial charge in [0.15, 0.2) is 11.2 Å². The first-order valence-corrected chi connectivity index (χ1v) is 11.6. The fourth-order valence-electron chi connectivity index (χ4n) is 4.55. The lowest BCUT2D eigenvalue weighted by molar-refractivity contribution is 0.458. The van der Waals surface area contributed by atoms with E-state index in [0.29, 0.717) is 34.6 Å². The monoisotopic (exact) mass is 463 g/mol. The largest absolute Gasteiger partial charge is 0.332 e. The minimum Gasteiger partial charge on any atom is -0.312 e. The molecule has 0 radical (unpaired) electrons. The lowest BCUT2D eigenvalue weighted by atomic mass is 10.1. The van der Waals surface area contributed by atoms with Crippen LogP contribution in [0.3, 0.4) is 0 Å². The van der Waals surface area contributed by atoms with E-state index >= 15 is 0 Å². The van der Waals surface area contributed by atoms with Crippen LogP contribution < -0.4 is 16.1 Å². The number of hydrogen-bond acceptors (Lipinski definition) is 4. The Balaban J connectivity index is 1.68. The second-order valence-corrected chi connectivity index (χ2v) is 9.23. The van der Waals surface area contributed by atoms with E-state index in [1.807, 2.05) is 16.7 Å². The second kappa shape index (κ2) is 8.23. The molecule has 1 atom stereocenters. The van der Waals surface area contributed by atoms with Crippen molar-refractivity contribution in [3.05, 3.63) is 85.5 Å². The summed E-state index contributed by atoms with van der Waals surface area (Å²) in [6, 6.07) is 15.6. The van der Waals surface area contributed by atoms with Crippen LogP contribution in [0.5, 0.6) is 0 Å². The third kappa shape index (κ3) is 3.66. The molecule has 1 aliphatic heterocycles. The Morgan fingerprint density at radius 3 is 2.33 bits per heavy atom. The Morgan fingerprint density at radius 2 is 1.67 bits per heavy atom. The predicted molar refractivity (Wildman–Crippen MR) is 132 cm³/mol. The summed E-state index contributed by atoms with van der Waals surface area (Å²) >= 11 is 5.99. The molecule has 7 nitrogen and oxygen atoms in total. The van der Waals surface area contributed by atoms with Gasteiger partial charge in [-0.2, -0.15) is 4.98 Å². The van der Waals surface area contributed by atoms with Crippen molar-refractivity contribution in [3.8, 4) is 0 Å². The van der Waals surface area contributed by atoms with Crippen LogP contribution in [0.15, 0.2) is 58.1 Å². The summed E-state index contributed by atoms with van der Waals surface area (Å²) in [5.74, 6) is 1.01. The van der Waals surface area contributed by atoms with E-state index in [2.05, 4.69) is 43.0 Å². The fourth-order valence-corrected chi connectivity index (χ4v) is 4.67. The van der Waals surface area contributed by atoms with Crippen LogP contribution in [-0.4, -0.2) is 25.2 Å². The van der Waals surface area contributed by atoms with Gasteiger partial charge in [-0.05, 0) is 47.7 Å². The van der Waals surface area contributed by atoms with Gasteiger partial charge in [0.2, 0.25) is 5.95 Å². The highest BCUT2D eigenvalue weighted by Crippen LogP contribution is 2.33. The van der Waals surface area contributed by atoms with Crippen LogP contribution in [0.25, 0.3) is 11.2 Å². The van der Waals surface area contributed by atoms with Gasteiger partial charge >= 0.3 is 5.69 Å². The number of hydrogen-bond donors (Lipinski definition) is 0.